The molecule has 1 amide bonds. The molecule has 0 aliphatic heterocycles. The Morgan fingerprint density at radius 2 is 2.10 bits per heavy atom. The number of ether oxygens (including phenoxy) is 2. The van der Waals surface area contributed by atoms with Crippen LogP contribution in [0.4, 0.5) is 5.69 Å². The Morgan fingerprint density at radius 1 is 1.40 bits per heavy atom. The van der Waals surface area contributed by atoms with Crippen molar-refractivity contribution in [1.29, 1.82) is 0 Å². The molecule has 0 heterocycles. The number of benzene rings is 1. The maximum absolute atomic E-state index is 11.5. The number of nitrogens with one attached hydrogen (secondary N) is 1. The Hall–Kier alpha value is -1.31. The van der Waals surface area contributed by atoms with Crippen molar-refractivity contribution in [1.82, 2.24) is 0 Å². The molecule has 0 fully saturated rings. The minimum atomic E-state index is -3.90. The molecule has 1 rings (SSSR count). The van der Waals surface area contributed by atoms with E-state index in [0.29, 0.717) is 12.3 Å². The van der Waals surface area contributed by atoms with Crippen molar-refractivity contribution < 1.29 is 22.7 Å². The molecule has 112 valence electrons. The zero-order valence-electron chi connectivity index (χ0n) is 11.2. The fraction of sp³-hybridized carbons (Fsp3) is 0.417. The van der Waals surface area contributed by atoms with Gasteiger partial charge < -0.3 is 14.8 Å². The van der Waals surface area contributed by atoms with E-state index in [9.17, 15) is 13.2 Å². The summed E-state index contributed by atoms with van der Waals surface area (Å²) < 4.78 is 32.6. The number of methoxy groups -OCH3 is 1. The van der Waals surface area contributed by atoms with Crippen molar-refractivity contribution in [2.75, 3.05) is 25.6 Å². The van der Waals surface area contributed by atoms with Gasteiger partial charge in [0.15, 0.2) is 0 Å². The standard InChI is InChI=1S/C12H16ClNO5S/c1-3-6-19-8-12(15)14-9-4-5-11(20(13,16)17)10(7-9)18-2/h4-5,7H,3,6,8H2,1-2H3,(H,14,15). The van der Waals surface area contributed by atoms with Crippen molar-refractivity contribution in [2.24, 2.45) is 0 Å². The number of hydrogen-bond donors (Lipinski definition) is 1. The predicted octanol–water partition coefficient (Wildman–Crippen LogP) is 1.99. The van der Waals surface area contributed by atoms with Crippen molar-refractivity contribution in [3.63, 3.8) is 0 Å². The van der Waals surface area contributed by atoms with Crippen LogP contribution in [0.2, 0.25) is 0 Å². The van der Waals surface area contributed by atoms with Gasteiger partial charge in [-0.15, -0.1) is 0 Å². The third-order valence-corrected chi connectivity index (χ3v) is 3.65. The molecule has 0 saturated heterocycles. The van der Waals surface area contributed by atoms with Crippen LogP contribution in [0.3, 0.4) is 0 Å². The summed E-state index contributed by atoms with van der Waals surface area (Å²) in [4.78, 5) is 11.4. The number of rotatable bonds is 7. The first-order valence-electron chi connectivity index (χ1n) is 5.88. The summed E-state index contributed by atoms with van der Waals surface area (Å²) in [6, 6.07) is 4.08. The van der Waals surface area contributed by atoms with Gasteiger partial charge in [-0.05, 0) is 18.6 Å². The lowest BCUT2D eigenvalue weighted by molar-refractivity contribution is -0.120. The Bertz CT molecular complexity index is 573. The lowest BCUT2D eigenvalue weighted by Gasteiger charge is -2.10. The summed E-state index contributed by atoms with van der Waals surface area (Å²) in [7, 11) is 2.69. The number of carbonyl (C=O) groups is 1. The quantitative estimate of drug-likeness (QED) is 0.613. The fourth-order valence-electron chi connectivity index (χ4n) is 1.45. The molecule has 0 atom stereocenters. The zero-order valence-corrected chi connectivity index (χ0v) is 12.8. The molecule has 1 N–H and O–H groups in total. The first-order chi connectivity index (χ1) is 9.38. The zero-order chi connectivity index (χ0) is 15.2. The van der Waals surface area contributed by atoms with Crippen LogP contribution in [0.5, 0.6) is 5.75 Å². The first-order valence-corrected chi connectivity index (χ1v) is 8.19. The molecule has 0 spiro atoms. The number of carbonyl (C=O) groups excluding carboxylic acids is 1. The molecule has 0 saturated carbocycles. The maximum atomic E-state index is 11.5. The first kappa shape index (κ1) is 16.7. The number of halogens is 1. The summed E-state index contributed by atoms with van der Waals surface area (Å²) in [5, 5.41) is 2.57. The highest BCUT2D eigenvalue weighted by Crippen LogP contribution is 2.29. The van der Waals surface area contributed by atoms with Crippen molar-refractivity contribution in [3.8, 4) is 5.75 Å². The molecule has 8 heteroatoms. The van der Waals surface area contributed by atoms with Gasteiger partial charge in [0.1, 0.15) is 17.3 Å². The minimum absolute atomic E-state index is 0.0623. The molecule has 0 aliphatic rings. The number of amides is 1. The van der Waals surface area contributed by atoms with E-state index in [2.05, 4.69) is 5.32 Å². The largest absolute Gasteiger partial charge is 0.495 e. The molecule has 0 unspecified atom stereocenters. The third-order valence-electron chi connectivity index (χ3n) is 2.29. The number of anilines is 1. The van der Waals surface area contributed by atoms with Crippen LogP contribution < -0.4 is 10.1 Å². The molecule has 0 aliphatic carbocycles. The van der Waals surface area contributed by atoms with Gasteiger partial charge in [0.05, 0.1) is 7.11 Å². The van der Waals surface area contributed by atoms with Gasteiger partial charge in [0.25, 0.3) is 9.05 Å². The summed E-state index contributed by atoms with van der Waals surface area (Å²) in [5.74, 6) is -0.269. The van der Waals surface area contributed by atoms with Gasteiger partial charge >= 0.3 is 0 Å². The van der Waals surface area contributed by atoms with Crippen LogP contribution in [0.25, 0.3) is 0 Å². The van der Waals surface area contributed by atoms with E-state index in [1.807, 2.05) is 6.92 Å². The monoisotopic (exact) mass is 321 g/mol. The minimum Gasteiger partial charge on any atom is -0.495 e. The molecule has 1 aromatic rings. The molecule has 0 bridgehead atoms. The average Bonchev–Trinajstić information content (AvgIpc) is 2.37. The number of hydrogen-bond acceptors (Lipinski definition) is 5. The van der Waals surface area contributed by atoms with Gasteiger partial charge in [-0.25, -0.2) is 8.42 Å². The highest BCUT2D eigenvalue weighted by molar-refractivity contribution is 8.13. The Labute approximate surface area is 122 Å². The Balaban J connectivity index is 2.81. The van der Waals surface area contributed by atoms with E-state index in [4.69, 9.17) is 20.2 Å². The Morgan fingerprint density at radius 3 is 2.65 bits per heavy atom. The third kappa shape index (κ3) is 4.99. The normalized spacial score (nSPS) is 11.2. The second kappa shape index (κ2) is 7.47. The summed E-state index contributed by atoms with van der Waals surface area (Å²) in [5.41, 5.74) is 0.399. The molecule has 20 heavy (non-hydrogen) atoms. The van der Waals surface area contributed by atoms with Gasteiger partial charge in [-0.3, -0.25) is 4.79 Å². The lowest BCUT2D eigenvalue weighted by atomic mass is 10.3. The van der Waals surface area contributed by atoms with E-state index >= 15 is 0 Å². The van der Waals surface area contributed by atoms with Gasteiger partial charge in [0.2, 0.25) is 5.91 Å². The molecule has 1 aromatic carbocycles. The highest BCUT2D eigenvalue weighted by atomic mass is 35.7. The van der Waals surface area contributed by atoms with Crippen molar-refractivity contribution in [2.45, 2.75) is 18.2 Å². The molecule has 0 radical (unpaired) electrons. The van der Waals surface area contributed by atoms with Gasteiger partial charge in [-0.1, -0.05) is 6.92 Å². The van der Waals surface area contributed by atoms with E-state index in [1.165, 1.54) is 25.3 Å². The van der Waals surface area contributed by atoms with E-state index in [1.54, 1.807) is 0 Å². The van der Waals surface area contributed by atoms with Crippen molar-refractivity contribution >= 4 is 31.3 Å². The van der Waals surface area contributed by atoms with Crippen LogP contribution in [-0.4, -0.2) is 34.6 Å². The average molecular weight is 322 g/mol. The topological polar surface area (TPSA) is 81.7 Å². The summed E-state index contributed by atoms with van der Waals surface area (Å²) in [6.07, 6.45) is 0.823. The van der Waals surface area contributed by atoms with Crippen LogP contribution in [0.1, 0.15) is 13.3 Å². The van der Waals surface area contributed by atoms with Crippen molar-refractivity contribution in [3.05, 3.63) is 18.2 Å². The van der Waals surface area contributed by atoms with Crippen LogP contribution in [-0.2, 0) is 18.6 Å². The highest BCUT2D eigenvalue weighted by Gasteiger charge is 2.17. The van der Waals surface area contributed by atoms with E-state index in [0.717, 1.165) is 6.42 Å². The lowest BCUT2D eigenvalue weighted by Crippen LogP contribution is -2.18. The maximum Gasteiger partial charge on any atom is 0.264 e. The van der Waals surface area contributed by atoms with Gasteiger partial charge in [-0.2, -0.15) is 0 Å². The van der Waals surface area contributed by atoms with Crippen LogP contribution >= 0.6 is 10.7 Å². The molecular formula is C12H16ClNO5S. The molecule has 0 aromatic heterocycles. The Kier molecular flexibility index (Phi) is 6.25. The molecular weight excluding hydrogens is 306 g/mol. The summed E-state index contributed by atoms with van der Waals surface area (Å²) in [6.45, 7) is 2.37. The smallest absolute Gasteiger partial charge is 0.264 e. The SMILES string of the molecule is CCCOCC(=O)Nc1ccc(S(=O)(=O)Cl)c(OC)c1. The fourth-order valence-corrected chi connectivity index (χ4v) is 2.45. The second-order valence-corrected chi connectivity index (χ2v) is 6.44. The van der Waals surface area contributed by atoms with Gasteiger partial charge in [0, 0.05) is 29.0 Å². The second-order valence-electron chi connectivity index (χ2n) is 3.90. The predicted molar refractivity (Wildman–Crippen MR) is 75.8 cm³/mol. The van der Waals surface area contributed by atoms with E-state index in [-0.39, 0.29) is 23.2 Å². The van der Waals surface area contributed by atoms with Crippen LogP contribution in [0.15, 0.2) is 23.1 Å². The summed E-state index contributed by atoms with van der Waals surface area (Å²) >= 11 is 0. The van der Waals surface area contributed by atoms with E-state index < -0.39 is 9.05 Å². The molecule has 6 nitrogen and oxygen atoms in total. The van der Waals surface area contributed by atoms with Crippen LogP contribution in [0, 0.1) is 0 Å².